The molecule has 0 spiro atoms. The van der Waals surface area contributed by atoms with Crippen molar-refractivity contribution in [2.24, 2.45) is 0 Å². The lowest BCUT2D eigenvalue weighted by atomic mass is 10.1. The fourth-order valence-electron chi connectivity index (χ4n) is 1.37. The number of unbranched alkanes of at least 4 members (excludes halogenated alkanes) is 2. The van der Waals surface area contributed by atoms with Crippen molar-refractivity contribution in [1.29, 1.82) is 0 Å². The standard InChI is InChI=1S/C16H24O2/c1-2-3-4-5-6-7-8-11-16(13-15-18)12-9-10-14-17/h2,6-7,11,17-18H,1,3-5,8,10,13-15H2/b7-6+,16-11-. The lowest BCUT2D eigenvalue weighted by Gasteiger charge is -1.95. The number of aliphatic hydroxyl groups excluding tert-OH is 2. The Morgan fingerprint density at radius 1 is 1.11 bits per heavy atom. The maximum absolute atomic E-state index is 8.91. The third-order valence-corrected chi connectivity index (χ3v) is 2.31. The van der Waals surface area contributed by atoms with Crippen molar-refractivity contribution < 1.29 is 10.2 Å². The van der Waals surface area contributed by atoms with Crippen LogP contribution in [0.3, 0.4) is 0 Å². The molecule has 2 heteroatoms. The van der Waals surface area contributed by atoms with Gasteiger partial charge >= 0.3 is 0 Å². The Balaban J connectivity index is 4.00. The molecule has 0 aromatic rings. The number of hydrogen-bond donors (Lipinski definition) is 2. The lowest BCUT2D eigenvalue weighted by molar-refractivity contribution is 0.300. The van der Waals surface area contributed by atoms with Crippen molar-refractivity contribution >= 4 is 0 Å². The largest absolute Gasteiger partial charge is 0.396 e. The highest BCUT2D eigenvalue weighted by Gasteiger charge is 1.90. The highest BCUT2D eigenvalue weighted by Crippen LogP contribution is 2.03. The zero-order valence-corrected chi connectivity index (χ0v) is 11.1. The first kappa shape index (κ1) is 16.7. The zero-order valence-electron chi connectivity index (χ0n) is 11.1. The molecule has 0 aromatic carbocycles. The average molecular weight is 248 g/mol. The molecule has 0 atom stereocenters. The molecular formula is C16H24O2. The Morgan fingerprint density at radius 3 is 2.61 bits per heavy atom. The summed E-state index contributed by atoms with van der Waals surface area (Å²) in [5.41, 5.74) is 0.946. The van der Waals surface area contributed by atoms with Crippen LogP contribution in [-0.4, -0.2) is 23.4 Å². The summed E-state index contributed by atoms with van der Waals surface area (Å²) in [6, 6.07) is 0. The molecule has 100 valence electrons. The lowest BCUT2D eigenvalue weighted by Crippen LogP contribution is -1.86. The fourth-order valence-corrected chi connectivity index (χ4v) is 1.37. The van der Waals surface area contributed by atoms with E-state index in [2.05, 4.69) is 30.6 Å². The van der Waals surface area contributed by atoms with E-state index in [-0.39, 0.29) is 13.2 Å². The van der Waals surface area contributed by atoms with E-state index < -0.39 is 0 Å². The molecule has 0 aliphatic carbocycles. The molecule has 0 unspecified atom stereocenters. The molecule has 0 saturated carbocycles. The second-order valence-corrected chi connectivity index (χ2v) is 3.91. The van der Waals surface area contributed by atoms with Gasteiger partial charge < -0.3 is 10.2 Å². The average Bonchev–Trinajstić information content (AvgIpc) is 2.38. The topological polar surface area (TPSA) is 40.5 Å². The predicted molar refractivity (Wildman–Crippen MR) is 77.1 cm³/mol. The van der Waals surface area contributed by atoms with Gasteiger partial charge in [0.05, 0.1) is 6.61 Å². The van der Waals surface area contributed by atoms with Crippen molar-refractivity contribution in [3.8, 4) is 11.8 Å². The van der Waals surface area contributed by atoms with E-state index in [0.29, 0.717) is 12.8 Å². The van der Waals surface area contributed by atoms with Gasteiger partial charge in [0.25, 0.3) is 0 Å². The van der Waals surface area contributed by atoms with Crippen LogP contribution in [0.4, 0.5) is 0 Å². The summed E-state index contributed by atoms with van der Waals surface area (Å²) in [5, 5.41) is 17.5. The van der Waals surface area contributed by atoms with Gasteiger partial charge in [-0.2, -0.15) is 0 Å². The minimum atomic E-state index is 0.0859. The molecule has 18 heavy (non-hydrogen) atoms. The number of aliphatic hydroxyl groups is 2. The van der Waals surface area contributed by atoms with Crippen molar-refractivity contribution in [2.45, 2.75) is 38.5 Å². The molecule has 0 radical (unpaired) electrons. The molecule has 2 nitrogen and oxygen atoms in total. The zero-order chi connectivity index (χ0) is 13.5. The van der Waals surface area contributed by atoms with Gasteiger partial charge in [0.15, 0.2) is 0 Å². The smallest absolute Gasteiger partial charge is 0.0540 e. The normalized spacial score (nSPS) is 11.3. The Kier molecular flexibility index (Phi) is 12.8. The van der Waals surface area contributed by atoms with Gasteiger partial charge in [-0.15, -0.1) is 6.58 Å². The Morgan fingerprint density at radius 2 is 1.94 bits per heavy atom. The maximum atomic E-state index is 8.91. The van der Waals surface area contributed by atoms with Gasteiger partial charge in [0, 0.05) is 25.0 Å². The predicted octanol–water partition coefficient (Wildman–Crippen LogP) is 2.98. The van der Waals surface area contributed by atoms with Crippen LogP contribution in [0.2, 0.25) is 0 Å². The molecule has 0 aliphatic heterocycles. The quantitative estimate of drug-likeness (QED) is 0.374. The molecular weight excluding hydrogens is 224 g/mol. The molecule has 0 aromatic heterocycles. The molecule has 0 rings (SSSR count). The molecule has 2 N–H and O–H groups in total. The monoisotopic (exact) mass is 248 g/mol. The molecule has 0 aliphatic rings. The molecule has 0 bridgehead atoms. The van der Waals surface area contributed by atoms with E-state index in [1.807, 2.05) is 12.2 Å². The summed E-state index contributed by atoms with van der Waals surface area (Å²) in [6.07, 6.45) is 13.4. The van der Waals surface area contributed by atoms with Gasteiger partial charge in [-0.25, -0.2) is 0 Å². The second kappa shape index (κ2) is 13.8. The molecule has 0 amide bonds. The summed E-state index contributed by atoms with van der Waals surface area (Å²) in [6.45, 7) is 3.88. The summed E-state index contributed by atoms with van der Waals surface area (Å²) >= 11 is 0. The van der Waals surface area contributed by atoms with Crippen LogP contribution < -0.4 is 0 Å². The van der Waals surface area contributed by atoms with E-state index in [0.717, 1.165) is 31.3 Å². The summed E-state index contributed by atoms with van der Waals surface area (Å²) in [4.78, 5) is 0. The minimum absolute atomic E-state index is 0.0859. The van der Waals surface area contributed by atoms with Crippen LogP contribution >= 0.6 is 0 Å². The van der Waals surface area contributed by atoms with Crippen LogP contribution in [0.15, 0.2) is 36.5 Å². The maximum Gasteiger partial charge on any atom is 0.0540 e. The van der Waals surface area contributed by atoms with Gasteiger partial charge in [-0.05, 0) is 25.7 Å². The van der Waals surface area contributed by atoms with Crippen LogP contribution in [0, 0.1) is 11.8 Å². The summed E-state index contributed by atoms with van der Waals surface area (Å²) < 4.78 is 0. The number of hydrogen-bond acceptors (Lipinski definition) is 2. The highest BCUT2D eigenvalue weighted by molar-refractivity contribution is 5.29. The van der Waals surface area contributed by atoms with E-state index in [1.54, 1.807) is 0 Å². The third-order valence-electron chi connectivity index (χ3n) is 2.31. The van der Waals surface area contributed by atoms with Crippen LogP contribution in [-0.2, 0) is 0 Å². The van der Waals surface area contributed by atoms with Crippen molar-refractivity contribution in [1.82, 2.24) is 0 Å². The van der Waals surface area contributed by atoms with Gasteiger partial charge in [0.1, 0.15) is 0 Å². The minimum Gasteiger partial charge on any atom is -0.396 e. The Labute approximate surface area is 111 Å². The first-order valence-electron chi connectivity index (χ1n) is 6.50. The number of allylic oxidation sites excluding steroid dienone is 4. The van der Waals surface area contributed by atoms with Crippen LogP contribution in [0.25, 0.3) is 0 Å². The highest BCUT2D eigenvalue weighted by atomic mass is 16.3. The first-order valence-corrected chi connectivity index (χ1v) is 6.50. The van der Waals surface area contributed by atoms with Gasteiger partial charge in [-0.1, -0.05) is 36.1 Å². The molecule has 0 heterocycles. The third kappa shape index (κ3) is 11.2. The fraction of sp³-hybridized carbons (Fsp3) is 0.500. The van der Waals surface area contributed by atoms with E-state index in [1.165, 1.54) is 0 Å². The van der Waals surface area contributed by atoms with Crippen LogP contribution in [0.5, 0.6) is 0 Å². The molecule has 0 saturated heterocycles. The Hall–Kier alpha value is -1.30. The van der Waals surface area contributed by atoms with Crippen molar-refractivity contribution in [3.05, 3.63) is 36.5 Å². The van der Waals surface area contributed by atoms with E-state index >= 15 is 0 Å². The van der Waals surface area contributed by atoms with Crippen molar-refractivity contribution in [3.63, 3.8) is 0 Å². The Bertz CT molecular complexity index is 316. The van der Waals surface area contributed by atoms with E-state index in [9.17, 15) is 0 Å². The summed E-state index contributed by atoms with van der Waals surface area (Å²) in [5.74, 6) is 5.85. The first-order chi connectivity index (χ1) is 8.85. The summed E-state index contributed by atoms with van der Waals surface area (Å²) in [7, 11) is 0. The van der Waals surface area contributed by atoms with Gasteiger partial charge in [0.2, 0.25) is 0 Å². The van der Waals surface area contributed by atoms with Crippen LogP contribution in [0.1, 0.15) is 38.5 Å². The second-order valence-electron chi connectivity index (χ2n) is 3.91. The van der Waals surface area contributed by atoms with E-state index in [4.69, 9.17) is 10.2 Å². The SMILES string of the molecule is C=CCCC/C=C/C/C=C(/C#CCCO)CCO. The molecule has 0 fully saturated rings. The number of rotatable bonds is 9. The van der Waals surface area contributed by atoms with Crippen molar-refractivity contribution in [2.75, 3.05) is 13.2 Å². The van der Waals surface area contributed by atoms with Gasteiger partial charge in [-0.3, -0.25) is 0 Å².